The zero-order valence-corrected chi connectivity index (χ0v) is 17.5. The van der Waals surface area contributed by atoms with Crippen molar-refractivity contribution >= 4 is 11.5 Å². The predicted octanol–water partition coefficient (Wildman–Crippen LogP) is 3.39. The number of ether oxygens (including phenoxy) is 2. The minimum absolute atomic E-state index is 0.683. The standard InChI is InChI=1S/C21H29N5O2/c1-14-12-19(22-10-7-11-25(3)4)26-21(23-14)15(2)20(24-26)16-8-9-17(27-5)18(13-16)28-6/h8-9,12-13,22H,7,10-11H2,1-6H3. The van der Waals surface area contributed by atoms with Gasteiger partial charge in [0, 0.05) is 29.4 Å². The van der Waals surface area contributed by atoms with E-state index in [9.17, 15) is 0 Å². The van der Waals surface area contributed by atoms with Crippen LogP contribution < -0.4 is 14.8 Å². The Labute approximate surface area is 166 Å². The Kier molecular flexibility index (Phi) is 6.04. The third kappa shape index (κ3) is 4.04. The van der Waals surface area contributed by atoms with Crippen molar-refractivity contribution in [2.45, 2.75) is 20.3 Å². The zero-order chi connectivity index (χ0) is 20.3. The molecule has 0 saturated heterocycles. The molecule has 0 aliphatic rings. The van der Waals surface area contributed by atoms with E-state index in [2.05, 4.69) is 31.2 Å². The first-order valence-corrected chi connectivity index (χ1v) is 9.42. The second-order valence-electron chi connectivity index (χ2n) is 7.15. The average Bonchev–Trinajstić information content (AvgIpc) is 3.01. The number of nitrogens with zero attached hydrogens (tertiary/aromatic N) is 4. The third-order valence-corrected chi connectivity index (χ3v) is 4.69. The Morgan fingerprint density at radius 2 is 1.82 bits per heavy atom. The normalized spacial score (nSPS) is 11.2. The lowest BCUT2D eigenvalue weighted by Crippen LogP contribution is -2.17. The van der Waals surface area contributed by atoms with Crippen LogP contribution in [0.5, 0.6) is 11.5 Å². The molecule has 7 heteroatoms. The van der Waals surface area contributed by atoms with Gasteiger partial charge in [-0.05, 0) is 59.1 Å². The molecule has 3 rings (SSSR count). The Hall–Kier alpha value is -2.80. The van der Waals surface area contributed by atoms with E-state index in [-0.39, 0.29) is 0 Å². The number of hydrogen-bond donors (Lipinski definition) is 1. The lowest BCUT2D eigenvalue weighted by Gasteiger charge is -2.12. The van der Waals surface area contributed by atoms with Gasteiger partial charge >= 0.3 is 0 Å². The maximum Gasteiger partial charge on any atom is 0.161 e. The number of benzene rings is 1. The van der Waals surface area contributed by atoms with Gasteiger partial charge in [-0.1, -0.05) is 0 Å². The molecule has 1 N–H and O–H groups in total. The van der Waals surface area contributed by atoms with Crippen LogP contribution >= 0.6 is 0 Å². The Morgan fingerprint density at radius 1 is 1.07 bits per heavy atom. The number of methoxy groups -OCH3 is 2. The summed E-state index contributed by atoms with van der Waals surface area (Å²) in [5, 5.41) is 8.36. The van der Waals surface area contributed by atoms with E-state index in [1.54, 1.807) is 14.2 Å². The maximum atomic E-state index is 5.45. The molecule has 7 nitrogen and oxygen atoms in total. The molecule has 0 radical (unpaired) electrons. The zero-order valence-electron chi connectivity index (χ0n) is 17.5. The van der Waals surface area contributed by atoms with Crippen molar-refractivity contribution in [2.24, 2.45) is 0 Å². The lowest BCUT2D eigenvalue weighted by molar-refractivity contribution is 0.355. The highest BCUT2D eigenvalue weighted by Gasteiger charge is 2.16. The SMILES string of the molecule is COc1ccc(-c2nn3c(NCCCN(C)C)cc(C)nc3c2C)cc1OC. The molecule has 0 spiro atoms. The summed E-state index contributed by atoms with van der Waals surface area (Å²) in [6, 6.07) is 7.88. The fourth-order valence-corrected chi connectivity index (χ4v) is 3.24. The van der Waals surface area contributed by atoms with E-state index in [4.69, 9.17) is 19.6 Å². The molecule has 0 aliphatic carbocycles. The van der Waals surface area contributed by atoms with Gasteiger partial charge in [-0.2, -0.15) is 9.61 Å². The highest BCUT2D eigenvalue weighted by molar-refractivity contribution is 5.73. The summed E-state index contributed by atoms with van der Waals surface area (Å²) in [7, 11) is 7.44. The first kappa shape index (κ1) is 19.9. The number of rotatable bonds is 8. The molecule has 3 aromatic rings. The van der Waals surface area contributed by atoms with Crippen LogP contribution in [0.2, 0.25) is 0 Å². The van der Waals surface area contributed by atoms with E-state index in [0.717, 1.165) is 53.5 Å². The molecule has 0 aliphatic heterocycles. The Bertz CT molecular complexity index is 965. The lowest BCUT2D eigenvalue weighted by atomic mass is 10.1. The quantitative estimate of drug-likeness (QED) is 0.602. The van der Waals surface area contributed by atoms with Crippen molar-refractivity contribution in [1.82, 2.24) is 19.5 Å². The van der Waals surface area contributed by atoms with Crippen molar-refractivity contribution in [1.29, 1.82) is 0 Å². The number of anilines is 1. The van der Waals surface area contributed by atoms with E-state index < -0.39 is 0 Å². The predicted molar refractivity (Wildman–Crippen MR) is 113 cm³/mol. The van der Waals surface area contributed by atoms with Gasteiger partial charge < -0.3 is 19.7 Å². The van der Waals surface area contributed by atoms with Crippen LogP contribution in [0.3, 0.4) is 0 Å². The molecule has 0 fully saturated rings. The van der Waals surface area contributed by atoms with Gasteiger partial charge in [0.15, 0.2) is 17.1 Å². The highest BCUT2D eigenvalue weighted by atomic mass is 16.5. The molecule has 0 unspecified atom stereocenters. The van der Waals surface area contributed by atoms with Gasteiger partial charge in [0.2, 0.25) is 0 Å². The van der Waals surface area contributed by atoms with Crippen LogP contribution in [0, 0.1) is 13.8 Å². The van der Waals surface area contributed by atoms with E-state index in [1.165, 1.54) is 0 Å². The largest absolute Gasteiger partial charge is 0.493 e. The summed E-state index contributed by atoms with van der Waals surface area (Å²) in [6.07, 6.45) is 1.05. The molecule has 0 saturated carbocycles. The van der Waals surface area contributed by atoms with Gasteiger partial charge in [0.1, 0.15) is 5.82 Å². The van der Waals surface area contributed by atoms with Crippen molar-refractivity contribution < 1.29 is 9.47 Å². The van der Waals surface area contributed by atoms with Crippen LogP contribution in [0.4, 0.5) is 5.82 Å². The number of hydrogen-bond acceptors (Lipinski definition) is 6. The number of aromatic nitrogens is 3. The smallest absolute Gasteiger partial charge is 0.161 e. The van der Waals surface area contributed by atoms with Crippen LogP contribution in [0.15, 0.2) is 24.3 Å². The molecule has 0 amide bonds. The molecule has 28 heavy (non-hydrogen) atoms. The second kappa shape index (κ2) is 8.48. The molecule has 2 aromatic heterocycles. The average molecular weight is 383 g/mol. The minimum Gasteiger partial charge on any atom is -0.493 e. The van der Waals surface area contributed by atoms with Crippen LogP contribution in [0.25, 0.3) is 16.9 Å². The molecule has 1 aromatic carbocycles. The van der Waals surface area contributed by atoms with Crippen molar-refractivity contribution in [2.75, 3.05) is 46.7 Å². The van der Waals surface area contributed by atoms with E-state index in [1.807, 2.05) is 35.7 Å². The summed E-state index contributed by atoms with van der Waals surface area (Å²) in [5.41, 5.74) is 4.71. The summed E-state index contributed by atoms with van der Waals surface area (Å²) in [6.45, 7) is 5.97. The monoisotopic (exact) mass is 383 g/mol. The van der Waals surface area contributed by atoms with Gasteiger partial charge in [-0.15, -0.1) is 0 Å². The fourth-order valence-electron chi connectivity index (χ4n) is 3.24. The van der Waals surface area contributed by atoms with Gasteiger partial charge in [0.25, 0.3) is 0 Å². The summed E-state index contributed by atoms with van der Waals surface area (Å²) < 4.78 is 12.7. The summed E-state index contributed by atoms with van der Waals surface area (Å²) in [4.78, 5) is 6.89. The number of fused-ring (bicyclic) bond motifs is 1. The second-order valence-corrected chi connectivity index (χ2v) is 7.15. The Balaban J connectivity index is 1.99. The van der Waals surface area contributed by atoms with E-state index >= 15 is 0 Å². The van der Waals surface area contributed by atoms with Crippen molar-refractivity contribution in [3.63, 3.8) is 0 Å². The van der Waals surface area contributed by atoms with Crippen LogP contribution in [-0.2, 0) is 0 Å². The maximum absolute atomic E-state index is 5.45. The molecular weight excluding hydrogens is 354 g/mol. The third-order valence-electron chi connectivity index (χ3n) is 4.69. The van der Waals surface area contributed by atoms with Gasteiger partial charge in [-0.25, -0.2) is 4.98 Å². The van der Waals surface area contributed by atoms with Crippen LogP contribution in [-0.4, -0.2) is 60.9 Å². The van der Waals surface area contributed by atoms with E-state index in [0.29, 0.717) is 11.5 Å². The number of aryl methyl sites for hydroxylation is 2. The highest BCUT2D eigenvalue weighted by Crippen LogP contribution is 2.34. The summed E-state index contributed by atoms with van der Waals surface area (Å²) in [5.74, 6) is 2.34. The van der Waals surface area contributed by atoms with Gasteiger partial charge in [-0.3, -0.25) is 0 Å². The topological polar surface area (TPSA) is 63.9 Å². The fraction of sp³-hybridized carbons (Fsp3) is 0.429. The first-order valence-electron chi connectivity index (χ1n) is 9.42. The molecular formula is C21H29N5O2. The first-order chi connectivity index (χ1) is 13.4. The Morgan fingerprint density at radius 3 is 2.50 bits per heavy atom. The molecule has 2 heterocycles. The minimum atomic E-state index is 0.683. The van der Waals surface area contributed by atoms with Crippen molar-refractivity contribution in [3.05, 3.63) is 35.5 Å². The summed E-state index contributed by atoms with van der Waals surface area (Å²) >= 11 is 0. The van der Waals surface area contributed by atoms with Crippen LogP contribution in [0.1, 0.15) is 17.7 Å². The molecule has 0 atom stereocenters. The number of nitrogens with one attached hydrogen (secondary N) is 1. The van der Waals surface area contributed by atoms with Crippen molar-refractivity contribution in [3.8, 4) is 22.8 Å². The molecule has 0 bridgehead atoms. The molecule has 150 valence electrons. The van der Waals surface area contributed by atoms with Gasteiger partial charge in [0.05, 0.1) is 19.9 Å².